The zero-order chi connectivity index (χ0) is 10.8. The summed E-state index contributed by atoms with van der Waals surface area (Å²) >= 11 is 0. The lowest BCUT2D eigenvalue weighted by Crippen LogP contribution is -2.23. The third kappa shape index (κ3) is 1.63. The van der Waals surface area contributed by atoms with E-state index in [1.54, 1.807) is 0 Å². The van der Waals surface area contributed by atoms with Gasteiger partial charge in [-0.3, -0.25) is 0 Å². The quantitative estimate of drug-likeness (QED) is 0.709. The number of fused-ring (bicyclic) bond motifs is 1. The first-order valence-corrected chi connectivity index (χ1v) is 5.83. The van der Waals surface area contributed by atoms with Gasteiger partial charge in [0.2, 0.25) is 0 Å². The first kappa shape index (κ1) is 9.61. The van der Waals surface area contributed by atoms with E-state index in [4.69, 9.17) is 0 Å². The van der Waals surface area contributed by atoms with Gasteiger partial charge < -0.3 is 5.32 Å². The molecule has 16 heavy (non-hydrogen) atoms. The molecule has 0 amide bonds. The number of hydrogen-bond donors (Lipinski definition) is 1. The Hall–Kier alpha value is -1.60. The van der Waals surface area contributed by atoms with Crippen molar-refractivity contribution in [3.05, 3.63) is 60.2 Å². The first-order valence-electron chi connectivity index (χ1n) is 5.83. The molecule has 80 valence electrons. The Kier molecular flexibility index (Phi) is 2.47. The van der Waals surface area contributed by atoms with Crippen molar-refractivity contribution < 1.29 is 0 Å². The van der Waals surface area contributed by atoms with Gasteiger partial charge in [0.1, 0.15) is 0 Å². The smallest absolute Gasteiger partial charge is 0.0512 e. The van der Waals surface area contributed by atoms with E-state index in [1.165, 1.54) is 16.3 Å². The number of hydrogen-bond acceptors (Lipinski definition) is 1. The third-order valence-electron chi connectivity index (χ3n) is 3.16. The average molecular weight is 209 g/mol. The van der Waals surface area contributed by atoms with Gasteiger partial charge in [-0.2, -0.15) is 0 Å². The van der Waals surface area contributed by atoms with Crippen molar-refractivity contribution in [2.45, 2.75) is 12.5 Å². The van der Waals surface area contributed by atoms with Crippen molar-refractivity contribution in [2.75, 3.05) is 6.54 Å². The molecule has 0 saturated carbocycles. The molecule has 0 bridgehead atoms. The Morgan fingerprint density at radius 3 is 2.75 bits per heavy atom. The fourth-order valence-corrected chi connectivity index (χ4v) is 2.36. The third-order valence-corrected chi connectivity index (χ3v) is 3.16. The van der Waals surface area contributed by atoms with E-state index in [0.717, 1.165) is 13.0 Å². The Balaban J connectivity index is 2.15. The summed E-state index contributed by atoms with van der Waals surface area (Å²) in [5, 5.41) is 6.22. The highest BCUT2D eigenvalue weighted by Crippen LogP contribution is 2.26. The summed E-state index contributed by atoms with van der Waals surface area (Å²) in [5.41, 5.74) is 1.38. The van der Waals surface area contributed by atoms with Crippen LogP contribution in [0.3, 0.4) is 0 Å². The van der Waals surface area contributed by atoms with E-state index in [-0.39, 0.29) is 0 Å². The zero-order valence-corrected chi connectivity index (χ0v) is 9.19. The van der Waals surface area contributed by atoms with E-state index < -0.39 is 0 Å². The maximum absolute atomic E-state index is 3.54. The molecule has 1 unspecified atom stereocenters. The fraction of sp³-hybridized carbons (Fsp3) is 0.200. The standard InChI is InChI=1S/C15H15N/c1-2-8-13-12(6-1)7-5-9-14(13)15-10-3-4-11-16-15/h1-3,5-10,15-16H,4,11H2. The summed E-state index contributed by atoms with van der Waals surface area (Å²) in [5.74, 6) is 0. The van der Waals surface area contributed by atoms with Gasteiger partial charge in [0.15, 0.2) is 0 Å². The number of benzene rings is 2. The predicted octanol–water partition coefficient (Wildman–Crippen LogP) is 3.43. The highest BCUT2D eigenvalue weighted by molar-refractivity contribution is 5.86. The summed E-state index contributed by atoms with van der Waals surface area (Å²) in [4.78, 5) is 0. The monoisotopic (exact) mass is 209 g/mol. The van der Waals surface area contributed by atoms with Crippen molar-refractivity contribution in [3.63, 3.8) is 0 Å². The predicted molar refractivity (Wildman–Crippen MR) is 68.4 cm³/mol. The van der Waals surface area contributed by atoms with Gasteiger partial charge in [-0.05, 0) is 29.3 Å². The molecular formula is C15H15N. The zero-order valence-electron chi connectivity index (χ0n) is 9.19. The molecule has 1 aliphatic heterocycles. The van der Waals surface area contributed by atoms with E-state index in [2.05, 4.69) is 59.9 Å². The Morgan fingerprint density at radius 1 is 1.00 bits per heavy atom. The van der Waals surface area contributed by atoms with Crippen LogP contribution in [-0.4, -0.2) is 6.54 Å². The maximum atomic E-state index is 3.54. The summed E-state index contributed by atoms with van der Waals surface area (Å²) in [6.07, 6.45) is 5.68. The second-order valence-electron chi connectivity index (χ2n) is 4.22. The van der Waals surface area contributed by atoms with Crippen LogP contribution in [0.1, 0.15) is 18.0 Å². The molecule has 0 spiro atoms. The Morgan fingerprint density at radius 2 is 1.88 bits per heavy atom. The molecule has 2 aromatic rings. The minimum atomic E-state index is 0.375. The van der Waals surface area contributed by atoms with E-state index in [1.807, 2.05) is 0 Å². The largest absolute Gasteiger partial charge is 0.306 e. The van der Waals surface area contributed by atoms with E-state index >= 15 is 0 Å². The van der Waals surface area contributed by atoms with Crippen molar-refractivity contribution in [2.24, 2.45) is 0 Å². The van der Waals surface area contributed by atoms with Crippen LogP contribution in [-0.2, 0) is 0 Å². The van der Waals surface area contributed by atoms with Crippen molar-refractivity contribution in [1.82, 2.24) is 5.32 Å². The van der Waals surface area contributed by atoms with Gasteiger partial charge in [-0.15, -0.1) is 0 Å². The molecule has 1 N–H and O–H groups in total. The second kappa shape index (κ2) is 4.11. The minimum absolute atomic E-state index is 0.375. The van der Waals surface area contributed by atoms with E-state index in [0.29, 0.717) is 6.04 Å². The van der Waals surface area contributed by atoms with Gasteiger partial charge >= 0.3 is 0 Å². The van der Waals surface area contributed by atoms with Crippen molar-refractivity contribution in [3.8, 4) is 0 Å². The number of nitrogens with one attached hydrogen (secondary N) is 1. The lowest BCUT2D eigenvalue weighted by molar-refractivity contribution is 0.604. The molecule has 0 aliphatic carbocycles. The highest BCUT2D eigenvalue weighted by Gasteiger charge is 2.12. The molecular weight excluding hydrogens is 194 g/mol. The SMILES string of the molecule is C1=CC(c2cccc3ccccc23)NCC1. The molecule has 1 heteroatoms. The van der Waals surface area contributed by atoms with Crippen molar-refractivity contribution >= 4 is 10.8 Å². The van der Waals surface area contributed by atoms with E-state index in [9.17, 15) is 0 Å². The summed E-state index contributed by atoms with van der Waals surface area (Å²) < 4.78 is 0. The van der Waals surface area contributed by atoms with Crippen LogP contribution >= 0.6 is 0 Å². The second-order valence-corrected chi connectivity index (χ2v) is 4.22. The molecule has 0 radical (unpaired) electrons. The van der Waals surface area contributed by atoms with Crippen LogP contribution in [0.4, 0.5) is 0 Å². The van der Waals surface area contributed by atoms with Gasteiger partial charge in [0.25, 0.3) is 0 Å². The maximum Gasteiger partial charge on any atom is 0.0512 e. The van der Waals surface area contributed by atoms with Crippen LogP contribution in [0.25, 0.3) is 10.8 Å². The topological polar surface area (TPSA) is 12.0 Å². The molecule has 0 fully saturated rings. The number of rotatable bonds is 1. The van der Waals surface area contributed by atoms with Gasteiger partial charge in [0, 0.05) is 0 Å². The first-order chi connectivity index (χ1) is 7.95. The van der Waals surface area contributed by atoms with Gasteiger partial charge in [-0.25, -0.2) is 0 Å². The molecule has 2 aromatic carbocycles. The molecule has 0 saturated heterocycles. The molecule has 3 rings (SSSR count). The lowest BCUT2D eigenvalue weighted by atomic mass is 9.97. The van der Waals surface area contributed by atoms with Crippen molar-refractivity contribution in [1.29, 1.82) is 0 Å². The molecule has 1 heterocycles. The van der Waals surface area contributed by atoms with Crippen LogP contribution < -0.4 is 5.32 Å². The van der Waals surface area contributed by atoms with Crippen LogP contribution in [0.2, 0.25) is 0 Å². The average Bonchev–Trinajstić information content (AvgIpc) is 2.39. The lowest BCUT2D eigenvalue weighted by Gasteiger charge is -2.20. The summed E-state index contributed by atoms with van der Waals surface area (Å²) in [7, 11) is 0. The highest BCUT2D eigenvalue weighted by atomic mass is 14.9. The van der Waals surface area contributed by atoms with Crippen LogP contribution in [0, 0.1) is 0 Å². The Labute approximate surface area is 95.8 Å². The van der Waals surface area contributed by atoms with Crippen LogP contribution in [0.5, 0.6) is 0 Å². The summed E-state index contributed by atoms with van der Waals surface area (Å²) in [6.45, 7) is 1.07. The van der Waals surface area contributed by atoms with Gasteiger partial charge in [-0.1, -0.05) is 54.6 Å². The normalized spacial score (nSPS) is 20.1. The van der Waals surface area contributed by atoms with Gasteiger partial charge in [0.05, 0.1) is 6.04 Å². The molecule has 1 nitrogen and oxygen atoms in total. The van der Waals surface area contributed by atoms with Crippen LogP contribution in [0.15, 0.2) is 54.6 Å². The molecule has 1 atom stereocenters. The minimum Gasteiger partial charge on any atom is -0.306 e. The molecule has 1 aliphatic rings. The molecule has 0 aromatic heterocycles. The fourth-order valence-electron chi connectivity index (χ4n) is 2.36. The summed E-state index contributed by atoms with van der Waals surface area (Å²) in [6, 6.07) is 15.5. The Bertz CT molecular complexity index is 522.